The third-order valence-corrected chi connectivity index (χ3v) is 4.52. The van der Waals surface area contributed by atoms with Crippen LogP contribution in [0.15, 0.2) is 63.7 Å². The van der Waals surface area contributed by atoms with E-state index in [4.69, 9.17) is 0 Å². The van der Waals surface area contributed by atoms with E-state index in [0.717, 1.165) is 17.5 Å². The summed E-state index contributed by atoms with van der Waals surface area (Å²) in [5, 5.41) is 29.4. The van der Waals surface area contributed by atoms with E-state index in [2.05, 4.69) is 10.2 Å². The predicted molar refractivity (Wildman–Crippen MR) is 92.4 cm³/mol. The second-order valence-corrected chi connectivity index (χ2v) is 6.86. The first kappa shape index (κ1) is 16.9. The molecule has 3 rings (SSSR count). The topological polar surface area (TPSA) is 120 Å². The Labute approximate surface area is 143 Å². The fourth-order valence-corrected chi connectivity index (χ4v) is 2.99. The van der Waals surface area contributed by atoms with Crippen molar-refractivity contribution in [2.75, 3.05) is 0 Å². The second-order valence-electron chi connectivity index (χ2n) is 5.44. The van der Waals surface area contributed by atoms with Gasteiger partial charge in [-0.15, -0.1) is 10.2 Å². The lowest BCUT2D eigenvalue weighted by atomic mass is 10.1. The molecule has 3 aromatic carbocycles. The summed E-state index contributed by atoms with van der Waals surface area (Å²) in [4.78, 5) is -0.404. The molecule has 0 bridgehead atoms. The molecule has 0 amide bonds. The van der Waals surface area contributed by atoms with Gasteiger partial charge in [-0.2, -0.15) is 8.42 Å². The van der Waals surface area contributed by atoms with Crippen LogP contribution in [-0.4, -0.2) is 23.2 Å². The van der Waals surface area contributed by atoms with Crippen LogP contribution in [-0.2, 0) is 10.1 Å². The summed E-state index contributed by atoms with van der Waals surface area (Å²) in [6, 6.07) is 12.5. The van der Waals surface area contributed by atoms with Crippen molar-refractivity contribution in [1.29, 1.82) is 0 Å². The van der Waals surface area contributed by atoms with Gasteiger partial charge in [0.1, 0.15) is 22.9 Å². The standard InChI is InChI=1S/C17H14N2O5S/c1-10-8-12(25(22,23)24)9-14(17(10)21)18-19-16-13-5-3-2-4-11(13)6-7-15(16)20/h2-9,20-21H,1H3,(H,22,23,24). The van der Waals surface area contributed by atoms with Gasteiger partial charge in [0, 0.05) is 5.39 Å². The van der Waals surface area contributed by atoms with Gasteiger partial charge in [-0.1, -0.05) is 30.3 Å². The Bertz CT molecular complexity index is 1110. The van der Waals surface area contributed by atoms with E-state index in [1.165, 1.54) is 13.0 Å². The van der Waals surface area contributed by atoms with Gasteiger partial charge in [0.25, 0.3) is 10.1 Å². The first-order valence-corrected chi connectivity index (χ1v) is 8.65. The first-order chi connectivity index (χ1) is 11.8. The summed E-state index contributed by atoms with van der Waals surface area (Å²) in [7, 11) is -4.45. The SMILES string of the molecule is Cc1cc(S(=O)(=O)O)cc(N=Nc2c(O)ccc3ccccc23)c1O. The monoisotopic (exact) mass is 358 g/mol. The Morgan fingerprint density at radius 2 is 1.68 bits per heavy atom. The van der Waals surface area contributed by atoms with Crippen LogP contribution in [0.1, 0.15) is 5.56 Å². The molecule has 0 spiro atoms. The molecule has 0 atom stereocenters. The maximum atomic E-state index is 11.3. The van der Waals surface area contributed by atoms with Gasteiger partial charge in [0.2, 0.25) is 0 Å². The van der Waals surface area contributed by atoms with E-state index >= 15 is 0 Å². The van der Waals surface area contributed by atoms with Crippen molar-refractivity contribution < 1.29 is 23.2 Å². The minimum Gasteiger partial charge on any atom is -0.506 e. The van der Waals surface area contributed by atoms with Gasteiger partial charge >= 0.3 is 0 Å². The van der Waals surface area contributed by atoms with Crippen molar-refractivity contribution in [2.24, 2.45) is 10.2 Å². The van der Waals surface area contributed by atoms with E-state index in [1.54, 1.807) is 18.2 Å². The van der Waals surface area contributed by atoms with E-state index < -0.39 is 15.0 Å². The molecule has 0 aliphatic heterocycles. The summed E-state index contributed by atoms with van der Waals surface area (Å²) >= 11 is 0. The molecule has 0 saturated carbocycles. The number of phenols is 2. The zero-order chi connectivity index (χ0) is 18.2. The van der Waals surface area contributed by atoms with Crippen LogP contribution in [0.2, 0.25) is 0 Å². The van der Waals surface area contributed by atoms with Crippen LogP contribution < -0.4 is 0 Å². The summed E-state index contributed by atoms with van der Waals surface area (Å²) in [5.74, 6) is -0.375. The first-order valence-electron chi connectivity index (χ1n) is 7.21. The summed E-state index contributed by atoms with van der Waals surface area (Å²) in [6.45, 7) is 1.47. The Kier molecular flexibility index (Phi) is 4.15. The fourth-order valence-electron chi connectivity index (χ4n) is 2.41. The molecule has 0 aliphatic carbocycles. The molecule has 0 fully saturated rings. The number of aromatic hydroxyl groups is 2. The predicted octanol–water partition coefficient (Wildman–Crippen LogP) is 4.22. The number of phenolic OH excluding ortho intramolecular Hbond substituents is 2. The largest absolute Gasteiger partial charge is 0.506 e. The molecule has 25 heavy (non-hydrogen) atoms. The lowest BCUT2D eigenvalue weighted by Gasteiger charge is -2.06. The zero-order valence-corrected chi connectivity index (χ0v) is 13.9. The van der Waals surface area contributed by atoms with Crippen molar-refractivity contribution in [2.45, 2.75) is 11.8 Å². The maximum Gasteiger partial charge on any atom is 0.294 e. The van der Waals surface area contributed by atoms with Crippen LogP contribution in [0.4, 0.5) is 11.4 Å². The molecule has 0 aromatic heterocycles. The number of hydrogen-bond acceptors (Lipinski definition) is 6. The molecule has 128 valence electrons. The quantitative estimate of drug-likeness (QED) is 0.478. The zero-order valence-electron chi connectivity index (χ0n) is 13.1. The molecule has 0 unspecified atom stereocenters. The molecule has 0 aliphatic rings. The molecular formula is C17H14N2O5S. The number of aryl methyl sites for hydroxylation is 1. The van der Waals surface area contributed by atoms with Gasteiger partial charge in [-0.3, -0.25) is 4.55 Å². The van der Waals surface area contributed by atoms with Crippen LogP contribution in [0, 0.1) is 6.92 Å². The molecule has 0 saturated heterocycles. The molecule has 0 heterocycles. The van der Waals surface area contributed by atoms with Crippen molar-refractivity contribution in [3.63, 3.8) is 0 Å². The van der Waals surface area contributed by atoms with E-state index in [0.29, 0.717) is 5.39 Å². The van der Waals surface area contributed by atoms with Gasteiger partial charge in [0.05, 0.1) is 4.90 Å². The Balaban J connectivity index is 2.15. The Morgan fingerprint density at radius 3 is 2.40 bits per heavy atom. The highest BCUT2D eigenvalue weighted by Gasteiger charge is 2.15. The number of nitrogens with zero attached hydrogens (tertiary/aromatic N) is 2. The lowest BCUT2D eigenvalue weighted by molar-refractivity contribution is 0.469. The average Bonchev–Trinajstić information content (AvgIpc) is 2.56. The maximum absolute atomic E-state index is 11.3. The van der Waals surface area contributed by atoms with E-state index in [-0.39, 0.29) is 28.4 Å². The molecular weight excluding hydrogens is 344 g/mol. The highest BCUT2D eigenvalue weighted by molar-refractivity contribution is 7.85. The van der Waals surface area contributed by atoms with Gasteiger partial charge in [0.15, 0.2) is 0 Å². The number of fused-ring (bicyclic) bond motifs is 1. The van der Waals surface area contributed by atoms with Crippen molar-refractivity contribution in [3.8, 4) is 11.5 Å². The van der Waals surface area contributed by atoms with Crippen molar-refractivity contribution in [3.05, 3.63) is 54.1 Å². The normalized spacial score (nSPS) is 12.1. The third kappa shape index (κ3) is 3.30. The smallest absolute Gasteiger partial charge is 0.294 e. The van der Waals surface area contributed by atoms with E-state index in [1.807, 2.05) is 12.1 Å². The summed E-state index contributed by atoms with van der Waals surface area (Å²) in [5.41, 5.74) is 0.263. The Hall–Kier alpha value is -2.97. The molecule has 8 heteroatoms. The van der Waals surface area contributed by atoms with Crippen molar-refractivity contribution in [1.82, 2.24) is 0 Å². The lowest BCUT2D eigenvalue weighted by Crippen LogP contribution is -1.98. The van der Waals surface area contributed by atoms with Crippen molar-refractivity contribution >= 4 is 32.3 Å². The molecule has 0 radical (unpaired) electrons. The Morgan fingerprint density at radius 1 is 0.960 bits per heavy atom. The van der Waals surface area contributed by atoms with Gasteiger partial charge in [-0.05, 0) is 36.1 Å². The van der Waals surface area contributed by atoms with Gasteiger partial charge in [-0.25, -0.2) is 0 Å². The molecule has 3 N–H and O–H groups in total. The average molecular weight is 358 g/mol. The number of benzene rings is 3. The molecule has 3 aromatic rings. The van der Waals surface area contributed by atoms with Crippen LogP contribution >= 0.6 is 0 Å². The number of hydrogen-bond donors (Lipinski definition) is 3. The molecule has 7 nitrogen and oxygen atoms in total. The highest BCUT2D eigenvalue weighted by Crippen LogP contribution is 2.38. The summed E-state index contributed by atoms with van der Waals surface area (Å²) in [6.07, 6.45) is 0. The van der Waals surface area contributed by atoms with Crippen LogP contribution in [0.5, 0.6) is 11.5 Å². The summed E-state index contributed by atoms with van der Waals surface area (Å²) < 4.78 is 31.8. The number of rotatable bonds is 3. The van der Waals surface area contributed by atoms with Gasteiger partial charge < -0.3 is 10.2 Å². The minimum absolute atomic E-state index is 0.107. The van der Waals surface area contributed by atoms with Crippen LogP contribution in [0.25, 0.3) is 10.8 Å². The van der Waals surface area contributed by atoms with E-state index in [9.17, 15) is 23.2 Å². The fraction of sp³-hybridized carbons (Fsp3) is 0.0588. The highest BCUT2D eigenvalue weighted by atomic mass is 32.2. The second kappa shape index (κ2) is 6.15. The van der Waals surface area contributed by atoms with Crippen LogP contribution in [0.3, 0.4) is 0 Å². The number of azo groups is 1. The minimum atomic E-state index is -4.45. The third-order valence-electron chi connectivity index (χ3n) is 3.69.